The molecule has 1 atom stereocenters. The lowest BCUT2D eigenvalue weighted by Gasteiger charge is -2.34. The van der Waals surface area contributed by atoms with Crippen molar-refractivity contribution in [1.29, 1.82) is 0 Å². The zero-order valence-corrected chi connectivity index (χ0v) is 23.6. The fraction of sp³-hybridized carbons (Fsp3) is 0.286. The zero-order chi connectivity index (χ0) is 27.0. The Morgan fingerprint density at radius 1 is 0.865 bits per heavy atom. The van der Waals surface area contributed by atoms with E-state index < -0.39 is 28.5 Å². The number of anilines is 1. The number of hydrogen-bond donors (Lipinski definition) is 1. The minimum Gasteiger partial charge on any atom is -0.352 e. The molecule has 2 amide bonds. The van der Waals surface area contributed by atoms with Gasteiger partial charge in [-0.1, -0.05) is 76.6 Å². The first-order valence-corrected chi connectivity index (χ1v) is 14.6. The predicted molar refractivity (Wildman–Crippen MR) is 151 cm³/mol. The van der Waals surface area contributed by atoms with E-state index in [-0.39, 0.29) is 24.9 Å². The third-order valence-electron chi connectivity index (χ3n) is 5.69. The van der Waals surface area contributed by atoms with Crippen LogP contribution in [0.4, 0.5) is 5.69 Å². The lowest BCUT2D eigenvalue weighted by Crippen LogP contribution is -2.54. The van der Waals surface area contributed by atoms with E-state index in [0.29, 0.717) is 5.69 Å². The topological polar surface area (TPSA) is 86.8 Å². The Bertz CT molecular complexity index is 1280. The van der Waals surface area contributed by atoms with Gasteiger partial charge >= 0.3 is 0 Å². The molecule has 3 rings (SSSR count). The Kier molecular flexibility index (Phi) is 9.88. The Balaban J connectivity index is 2.03. The van der Waals surface area contributed by atoms with E-state index in [0.717, 1.165) is 26.2 Å². The smallest absolute Gasteiger partial charge is 0.244 e. The van der Waals surface area contributed by atoms with Crippen LogP contribution >= 0.6 is 15.9 Å². The van der Waals surface area contributed by atoms with Crippen molar-refractivity contribution in [2.75, 3.05) is 17.1 Å². The quantitative estimate of drug-likeness (QED) is 0.362. The summed E-state index contributed by atoms with van der Waals surface area (Å²) < 4.78 is 27.4. The summed E-state index contributed by atoms with van der Waals surface area (Å²) in [6.45, 7) is 3.43. The van der Waals surface area contributed by atoms with Crippen LogP contribution in [-0.2, 0) is 32.6 Å². The molecule has 196 valence electrons. The number of halogens is 1. The van der Waals surface area contributed by atoms with E-state index in [1.807, 2.05) is 68.4 Å². The summed E-state index contributed by atoms with van der Waals surface area (Å²) in [5, 5.41) is 2.94. The van der Waals surface area contributed by atoms with Gasteiger partial charge in [-0.2, -0.15) is 0 Å². The van der Waals surface area contributed by atoms with Crippen molar-refractivity contribution in [3.05, 3.63) is 101 Å². The van der Waals surface area contributed by atoms with Crippen molar-refractivity contribution in [3.8, 4) is 0 Å². The van der Waals surface area contributed by atoms with E-state index in [1.165, 1.54) is 4.90 Å². The molecule has 0 radical (unpaired) electrons. The van der Waals surface area contributed by atoms with Crippen molar-refractivity contribution in [1.82, 2.24) is 10.2 Å². The Morgan fingerprint density at radius 2 is 1.43 bits per heavy atom. The van der Waals surface area contributed by atoms with Crippen LogP contribution < -0.4 is 9.62 Å². The summed E-state index contributed by atoms with van der Waals surface area (Å²) in [5.74, 6) is -0.771. The number of hydrogen-bond acceptors (Lipinski definition) is 4. The molecule has 1 N–H and O–H groups in total. The molecular weight excluding hydrogens is 554 g/mol. The molecule has 0 heterocycles. The lowest BCUT2D eigenvalue weighted by atomic mass is 10.0. The van der Waals surface area contributed by atoms with Crippen molar-refractivity contribution < 1.29 is 18.0 Å². The molecule has 37 heavy (non-hydrogen) atoms. The number of nitrogens with zero attached hydrogens (tertiary/aromatic N) is 2. The van der Waals surface area contributed by atoms with Crippen LogP contribution in [-0.4, -0.2) is 50.0 Å². The van der Waals surface area contributed by atoms with Gasteiger partial charge in [-0.15, -0.1) is 0 Å². The van der Waals surface area contributed by atoms with Gasteiger partial charge < -0.3 is 10.2 Å². The minimum absolute atomic E-state index is 0.132. The van der Waals surface area contributed by atoms with Crippen molar-refractivity contribution in [3.63, 3.8) is 0 Å². The summed E-state index contributed by atoms with van der Waals surface area (Å²) in [6, 6.07) is 24.4. The minimum atomic E-state index is -3.77. The average molecular weight is 587 g/mol. The van der Waals surface area contributed by atoms with Crippen LogP contribution in [0.15, 0.2) is 89.4 Å². The van der Waals surface area contributed by atoms with Crippen LogP contribution in [0.25, 0.3) is 0 Å². The molecule has 9 heteroatoms. The molecule has 3 aromatic carbocycles. The molecule has 0 saturated heterocycles. The number of nitrogens with one attached hydrogen (secondary N) is 1. The van der Waals surface area contributed by atoms with Crippen molar-refractivity contribution >= 4 is 43.5 Å². The normalized spacial score (nSPS) is 12.1. The molecule has 3 aromatic rings. The summed E-state index contributed by atoms with van der Waals surface area (Å²) in [7, 11) is -3.77. The zero-order valence-electron chi connectivity index (χ0n) is 21.2. The molecule has 0 spiro atoms. The van der Waals surface area contributed by atoms with Gasteiger partial charge in [-0.25, -0.2) is 8.42 Å². The number of carbonyl (C=O) groups excluding carboxylic acids is 2. The number of para-hydroxylation sites is 1. The van der Waals surface area contributed by atoms with Gasteiger partial charge in [0.1, 0.15) is 12.6 Å². The van der Waals surface area contributed by atoms with Gasteiger partial charge in [0, 0.05) is 23.5 Å². The second-order valence-corrected chi connectivity index (χ2v) is 11.9. The van der Waals surface area contributed by atoms with Gasteiger partial charge in [0.05, 0.1) is 11.9 Å². The molecular formula is C28H32BrN3O4S. The second kappa shape index (κ2) is 12.9. The molecule has 0 aliphatic heterocycles. The first kappa shape index (κ1) is 28.4. The molecule has 0 aromatic heterocycles. The van der Waals surface area contributed by atoms with Gasteiger partial charge in [0.25, 0.3) is 0 Å². The lowest BCUT2D eigenvalue weighted by molar-refractivity contribution is -0.140. The Hall–Kier alpha value is -3.17. The maximum absolute atomic E-state index is 13.9. The highest BCUT2D eigenvalue weighted by Gasteiger charge is 2.33. The van der Waals surface area contributed by atoms with Crippen LogP contribution in [0.5, 0.6) is 0 Å². The molecule has 7 nitrogen and oxygen atoms in total. The largest absolute Gasteiger partial charge is 0.352 e. The fourth-order valence-electron chi connectivity index (χ4n) is 3.93. The number of amides is 2. The Labute approximate surface area is 227 Å². The van der Waals surface area contributed by atoms with Gasteiger partial charge in [0.15, 0.2) is 0 Å². The van der Waals surface area contributed by atoms with E-state index in [2.05, 4.69) is 21.2 Å². The summed E-state index contributed by atoms with van der Waals surface area (Å²) in [4.78, 5) is 28.8. The van der Waals surface area contributed by atoms with Crippen LogP contribution in [0.1, 0.15) is 25.0 Å². The molecule has 0 fully saturated rings. The first-order valence-electron chi connectivity index (χ1n) is 12.0. The van der Waals surface area contributed by atoms with Crippen molar-refractivity contribution in [2.45, 2.75) is 38.9 Å². The Morgan fingerprint density at radius 3 is 1.97 bits per heavy atom. The van der Waals surface area contributed by atoms with Gasteiger partial charge in [-0.3, -0.25) is 13.9 Å². The molecule has 0 bridgehead atoms. The van der Waals surface area contributed by atoms with Crippen LogP contribution in [0.3, 0.4) is 0 Å². The maximum Gasteiger partial charge on any atom is 0.244 e. The highest BCUT2D eigenvalue weighted by atomic mass is 79.9. The van der Waals surface area contributed by atoms with E-state index in [4.69, 9.17) is 0 Å². The predicted octanol–water partition coefficient (Wildman–Crippen LogP) is 4.38. The number of rotatable bonds is 11. The molecule has 0 unspecified atom stereocenters. The monoisotopic (exact) mass is 585 g/mol. The third-order valence-corrected chi connectivity index (χ3v) is 7.36. The highest BCUT2D eigenvalue weighted by Crippen LogP contribution is 2.21. The van der Waals surface area contributed by atoms with E-state index >= 15 is 0 Å². The molecule has 0 saturated carbocycles. The van der Waals surface area contributed by atoms with Crippen LogP contribution in [0, 0.1) is 0 Å². The van der Waals surface area contributed by atoms with Gasteiger partial charge in [-0.05, 0) is 49.2 Å². The highest BCUT2D eigenvalue weighted by molar-refractivity contribution is 9.10. The number of benzene rings is 3. The SMILES string of the molecule is CC(C)NC(=O)[C@@H](Cc1ccccc1)N(Cc1ccc(Br)cc1)C(=O)CN(c1ccccc1)S(C)(=O)=O. The average Bonchev–Trinajstić information content (AvgIpc) is 2.85. The van der Waals surface area contributed by atoms with Crippen molar-refractivity contribution in [2.24, 2.45) is 0 Å². The third kappa shape index (κ3) is 8.43. The molecule has 0 aliphatic rings. The summed E-state index contributed by atoms with van der Waals surface area (Å²) in [6.07, 6.45) is 1.35. The second-order valence-electron chi connectivity index (χ2n) is 9.12. The van der Waals surface area contributed by atoms with E-state index in [9.17, 15) is 18.0 Å². The first-order chi connectivity index (χ1) is 17.5. The summed E-state index contributed by atoms with van der Waals surface area (Å²) in [5.41, 5.74) is 2.09. The number of carbonyl (C=O) groups is 2. The van der Waals surface area contributed by atoms with Crippen LogP contribution in [0.2, 0.25) is 0 Å². The fourth-order valence-corrected chi connectivity index (χ4v) is 5.04. The standard InChI is InChI=1S/C28H32BrN3O4S/c1-21(2)30-28(34)26(18-22-10-6-4-7-11-22)31(19-23-14-16-24(29)17-15-23)27(33)20-32(37(3,35)36)25-12-8-5-9-13-25/h4-17,21,26H,18-20H2,1-3H3,(H,30,34)/t26-/m1/s1. The van der Waals surface area contributed by atoms with E-state index in [1.54, 1.807) is 30.3 Å². The summed E-state index contributed by atoms with van der Waals surface area (Å²) >= 11 is 3.43. The maximum atomic E-state index is 13.9. The molecule has 0 aliphatic carbocycles. The van der Waals surface area contributed by atoms with Gasteiger partial charge in [0.2, 0.25) is 21.8 Å². The number of sulfonamides is 1.